The van der Waals surface area contributed by atoms with Gasteiger partial charge in [0.25, 0.3) is 11.5 Å². The van der Waals surface area contributed by atoms with Crippen LogP contribution < -0.4 is 10.9 Å². The maximum atomic E-state index is 13.4. The Hall–Kier alpha value is -4.72. The van der Waals surface area contributed by atoms with E-state index in [-0.39, 0.29) is 23.6 Å². The van der Waals surface area contributed by atoms with Crippen LogP contribution in [0.15, 0.2) is 65.6 Å². The molecule has 8 nitrogen and oxygen atoms in total. The molecule has 0 spiro atoms. The van der Waals surface area contributed by atoms with Crippen LogP contribution in [0.4, 0.5) is 13.2 Å². The number of rotatable bonds is 6. The van der Waals surface area contributed by atoms with E-state index in [1.807, 2.05) is 13.0 Å². The number of alkyl halides is 3. The average Bonchev–Trinajstić information content (AvgIpc) is 3.37. The SMILES string of the molecule is CCCNC(=O)c1nc(-c2ccnn2-c2ccc(C#N)cc2)c(C)n(-c2cccc(C(F)(F)F)c2)c1=O. The normalized spacial score (nSPS) is 11.2. The van der Waals surface area contributed by atoms with E-state index in [9.17, 15) is 22.8 Å². The molecule has 0 radical (unpaired) electrons. The number of aromatic nitrogens is 4. The van der Waals surface area contributed by atoms with Crippen LogP contribution in [0.25, 0.3) is 22.8 Å². The predicted molar refractivity (Wildman–Crippen MR) is 129 cm³/mol. The van der Waals surface area contributed by atoms with E-state index in [1.54, 1.807) is 30.3 Å². The quantitative estimate of drug-likeness (QED) is 0.417. The number of benzene rings is 2. The predicted octanol–water partition coefficient (Wildman–Crippen LogP) is 4.42. The second kappa shape index (κ2) is 10.1. The molecule has 2 aromatic carbocycles. The summed E-state index contributed by atoms with van der Waals surface area (Å²) < 4.78 is 42.9. The highest BCUT2D eigenvalue weighted by atomic mass is 19.4. The van der Waals surface area contributed by atoms with Crippen LogP contribution in [0, 0.1) is 18.3 Å². The lowest BCUT2D eigenvalue weighted by Gasteiger charge is -2.18. The van der Waals surface area contributed by atoms with Gasteiger partial charge in [-0.25, -0.2) is 9.67 Å². The number of nitrogens with zero attached hydrogens (tertiary/aromatic N) is 5. The van der Waals surface area contributed by atoms with Crippen LogP contribution in [-0.2, 0) is 6.18 Å². The fraction of sp³-hybridized carbons (Fsp3) is 0.192. The average molecular weight is 506 g/mol. The van der Waals surface area contributed by atoms with E-state index in [2.05, 4.69) is 15.4 Å². The molecule has 2 aromatic heterocycles. The first kappa shape index (κ1) is 25.4. The number of halogens is 3. The highest BCUT2D eigenvalue weighted by Crippen LogP contribution is 2.31. The van der Waals surface area contributed by atoms with Gasteiger partial charge in [0.05, 0.1) is 40.5 Å². The second-order valence-electron chi connectivity index (χ2n) is 8.13. The van der Waals surface area contributed by atoms with E-state index in [1.165, 1.54) is 29.9 Å². The summed E-state index contributed by atoms with van der Waals surface area (Å²) in [6.07, 6.45) is -2.53. The van der Waals surface area contributed by atoms with Crippen molar-refractivity contribution in [1.29, 1.82) is 5.26 Å². The molecule has 0 bridgehead atoms. The van der Waals surface area contributed by atoms with Gasteiger partial charge in [-0.15, -0.1) is 0 Å². The van der Waals surface area contributed by atoms with E-state index < -0.39 is 28.9 Å². The highest BCUT2D eigenvalue weighted by Gasteiger charge is 2.31. The maximum Gasteiger partial charge on any atom is 0.416 e. The van der Waals surface area contributed by atoms with Crippen molar-refractivity contribution >= 4 is 5.91 Å². The molecule has 11 heteroatoms. The molecular formula is C26H21F3N6O2. The fourth-order valence-corrected chi connectivity index (χ4v) is 3.82. The lowest BCUT2D eigenvalue weighted by atomic mass is 10.1. The molecule has 0 saturated heterocycles. The second-order valence-corrected chi connectivity index (χ2v) is 8.13. The van der Waals surface area contributed by atoms with Gasteiger partial charge in [0.2, 0.25) is 0 Å². The number of carbonyl (C=O) groups excluding carboxylic acids is 1. The minimum Gasteiger partial charge on any atom is -0.351 e. The topological polar surface area (TPSA) is 106 Å². The zero-order valence-corrected chi connectivity index (χ0v) is 19.9. The number of carbonyl (C=O) groups is 1. The number of hydrogen-bond acceptors (Lipinski definition) is 5. The van der Waals surface area contributed by atoms with Gasteiger partial charge in [0.1, 0.15) is 5.69 Å². The molecular weight excluding hydrogens is 485 g/mol. The van der Waals surface area contributed by atoms with Gasteiger partial charge in [-0.1, -0.05) is 13.0 Å². The summed E-state index contributed by atoms with van der Waals surface area (Å²) in [5, 5.41) is 16.0. The first-order chi connectivity index (χ1) is 17.7. The van der Waals surface area contributed by atoms with Crippen molar-refractivity contribution in [2.75, 3.05) is 6.54 Å². The van der Waals surface area contributed by atoms with E-state index in [4.69, 9.17) is 5.26 Å². The largest absolute Gasteiger partial charge is 0.416 e. The summed E-state index contributed by atoms with van der Waals surface area (Å²) in [6, 6.07) is 14.5. The van der Waals surface area contributed by atoms with Crippen molar-refractivity contribution < 1.29 is 18.0 Å². The number of amides is 1. The Morgan fingerprint density at radius 1 is 1.11 bits per heavy atom. The van der Waals surface area contributed by atoms with Gasteiger partial charge in [0.15, 0.2) is 5.69 Å². The van der Waals surface area contributed by atoms with Crippen molar-refractivity contribution in [3.63, 3.8) is 0 Å². The van der Waals surface area contributed by atoms with Crippen LogP contribution in [0.3, 0.4) is 0 Å². The summed E-state index contributed by atoms with van der Waals surface area (Å²) in [6.45, 7) is 3.66. The zero-order valence-electron chi connectivity index (χ0n) is 19.9. The number of hydrogen-bond donors (Lipinski definition) is 1. The Labute approximate surface area is 209 Å². The maximum absolute atomic E-state index is 13.4. The van der Waals surface area contributed by atoms with Gasteiger partial charge < -0.3 is 5.32 Å². The molecule has 4 aromatic rings. The number of nitrogens with one attached hydrogen (secondary N) is 1. The van der Waals surface area contributed by atoms with Crippen molar-refractivity contribution in [3.8, 4) is 28.8 Å². The lowest BCUT2D eigenvalue weighted by Crippen LogP contribution is -2.36. The molecule has 0 atom stereocenters. The van der Waals surface area contributed by atoms with Crippen molar-refractivity contribution in [2.24, 2.45) is 0 Å². The molecule has 0 fully saturated rings. The first-order valence-corrected chi connectivity index (χ1v) is 11.3. The molecule has 0 aliphatic rings. The molecule has 0 unspecified atom stereocenters. The monoisotopic (exact) mass is 506 g/mol. The highest BCUT2D eigenvalue weighted by molar-refractivity contribution is 5.92. The van der Waals surface area contributed by atoms with Crippen LogP contribution >= 0.6 is 0 Å². The minimum absolute atomic E-state index is 0.0602. The van der Waals surface area contributed by atoms with Crippen molar-refractivity contribution in [1.82, 2.24) is 24.6 Å². The van der Waals surface area contributed by atoms with E-state index in [0.717, 1.165) is 16.7 Å². The third kappa shape index (κ3) is 4.99. The minimum atomic E-state index is -4.63. The fourth-order valence-electron chi connectivity index (χ4n) is 3.82. The zero-order chi connectivity index (χ0) is 26.7. The van der Waals surface area contributed by atoms with Gasteiger partial charge in [0, 0.05) is 12.2 Å². The summed E-state index contributed by atoms with van der Waals surface area (Å²) in [7, 11) is 0. The Morgan fingerprint density at radius 2 is 1.84 bits per heavy atom. The third-order valence-electron chi connectivity index (χ3n) is 5.62. The Balaban J connectivity index is 1.97. The Morgan fingerprint density at radius 3 is 2.49 bits per heavy atom. The van der Waals surface area contributed by atoms with Crippen LogP contribution in [0.2, 0.25) is 0 Å². The van der Waals surface area contributed by atoms with Crippen molar-refractivity contribution in [2.45, 2.75) is 26.4 Å². The molecule has 1 amide bonds. The first-order valence-electron chi connectivity index (χ1n) is 11.3. The molecule has 188 valence electrons. The summed E-state index contributed by atoms with van der Waals surface area (Å²) in [4.78, 5) is 30.6. The van der Waals surface area contributed by atoms with E-state index >= 15 is 0 Å². The standard InChI is InChI=1S/C26H21F3N6O2/c1-3-12-31-24(36)23-25(37)34(20-6-4-5-18(14-20)26(27,28)29)16(2)22(33-23)21-11-13-32-35(21)19-9-7-17(15-30)8-10-19/h4-11,13-14H,3,12H2,1-2H3,(H,31,36). The molecule has 37 heavy (non-hydrogen) atoms. The Bertz CT molecular complexity index is 1560. The van der Waals surface area contributed by atoms with E-state index in [0.29, 0.717) is 23.4 Å². The Kier molecular flexibility index (Phi) is 6.93. The third-order valence-corrected chi connectivity index (χ3v) is 5.62. The lowest BCUT2D eigenvalue weighted by molar-refractivity contribution is -0.137. The van der Waals surface area contributed by atoms with Gasteiger partial charge >= 0.3 is 6.18 Å². The molecule has 2 heterocycles. The smallest absolute Gasteiger partial charge is 0.351 e. The molecule has 0 saturated carbocycles. The summed E-state index contributed by atoms with van der Waals surface area (Å²) >= 11 is 0. The molecule has 4 rings (SSSR count). The molecule has 0 aliphatic heterocycles. The van der Waals surface area contributed by atoms with Crippen LogP contribution in [-0.4, -0.2) is 31.8 Å². The van der Waals surface area contributed by atoms with Crippen molar-refractivity contribution in [3.05, 3.63) is 93.7 Å². The number of nitriles is 1. The van der Waals surface area contributed by atoms with Crippen LogP contribution in [0.5, 0.6) is 0 Å². The van der Waals surface area contributed by atoms with Gasteiger partial charge in [-0.3, -0.25) is 14.2 Å². The summed E-state index contributed by atoms with van der Waals surface area (Å²) in [5.41, 5.74) is -0.490. The van der Waals surface area contributed by atoms with Gasteiger partial charge in [-0.2, -0.15) is 23.5 Å². The molecule has 1 N–H and O–H groups in total. The van der Waals surface area contributed by atoms with Crippen LogP contribution in [0.1, 0.15) is 40.7 Å². The van der Waals surface area contributed by atoms with Gasteiger partial charge in [-0.05, 0) is 61.9 Å². The molecule has 0 aliphatic carbocycles. The summed E-state index contributed by atoms with van der Waals surface area (Å²) in [5.74, 6) is -0.738.